The van der Waals surface area contributed by atoms with Gasteiger partial charge < -0.3 is 15.2 Å². The maximum Gasteiger partial charge on any atom is 0.162 e. The summed E-state index contributed by atoms with van der Waals surface area (Å²) in [6.45, 7) is 6.52. The number of rotatable bonds is 6. The SMILES string of the molecule is CCOCC(C)Oc1ccc(N)c(C(C)=O)c1. The second-order valence-electron chi connectivity index (χ2n) is 3.89. The normalized spacial score (nSPS) is 12.2. The fraction of sp³-hybridized carbons (Fsp3) is 0.462. The lowest BCUT2D eigenvalue weighted by atomic mass is 10.1. The summed E-state index contributed by atoms with van der Waals surface area (Å²) < 4.78 is 10.9. The van der Waals surface area contributed by atoms with Crippen LogP contribution in [0.4, 0.5) is 5.69 Å². The van der Waals surface area contributed by atoms with Crippen LogP contribution in [0, 0.1) is 0 Å². The molecule has 0 heterocycles. The molecule has 1 aromatic carbocycles. The van der Waals surface area contributed by atoms with E-state index in [2.05, 4.69) is 0 Å². The van der Waals surface area contributed by atoms with Crippen molar-refractivity contribution in [2.24, 2.45) is 0 Å². The lowest BCUT2D eigenvalue weighted by Gasteiger charge is -2.15. The first kappa shape index (κ1) is 13.5. The molecule has 1 rings (SSSR count). The van der Waals surface area contributed by atoms with E-state index in [1.165, 1.54) is 6.92 Å². The molecule has 1 unspecified atom stereocenters. The molecule has 1 aromatic rings. The molecule has 4 heteroatoms. The minimum atomic E-state index is -0.0644. The maximum atomic E-state index is 11.3. The van der Waals surface area contributed by atoms with Crippen LogP contribution >= 0.6 is 0 Å². The van der Waals surface area contributed by atoms with Crippen LogP contribution in [-0.2, 0) is 4.74 Å². The van der Waals surface area contributed by atoms with Crippen LogP contribution in [0.5, 0.6) is 5.75 Å². The lowest BCUT2D eigenvalue weighted by Crippen LogP contribution is -2.19. The van der Waals surface area contributed by atoms with Crippen molar-refractivity contribution in [3.05, 3.63) is 23.8 Å². The Balaban J connectivity index is 2.72. The quantitative estimate of drug-likeness (QED) is 0.609. The zero-order chi connectivity index (χ0) is 12.8. The van der Waals surface area contributed by atoms with Crippen molar-refractivity contribution < 1.29 is 14.3 Å². The van der Waals surface area contributed by atoms with Crippen LogP contribution in [0.2, 0.25) is 0 Å². The zero-order valence-corrected chi connectivity index (χ0v) is 10.5. The Morgan fingerprint density at radius 2 is 2.18 bits per heavy atom. The highest BCUT2D eigenvalue weighted by atomic mass is 16.5. The molecule has 0 aliphatic heterocycles. The van der Waals surface area contributed by atoms with Gasteiger partial charge in [-0.15, -0.1) is 0 Å². The van der Waals surface area contributed by atoms with E-state index >= 15 is 0 Å². The van der Waals surface area contributed by atoms with Crippen LogP contribution in [-0.4, -0.2) is 25.1 Å². The number of benzene rings is 1. The summed E-state index contributed by atoms with van der Waals surface area (Å²) in [5.74, 6) is 0.571. The minimum Gasteiger partial charge on any atom is -0.488 e. The molecule has 0 aliphatic carbocycles. The molecule has 0 amide bonds. The summed E-state index contributed by atoms with van der Waals surface area (Å²) in [4.78, 5) is 11.3. The predicted molar refractivity (Wildman–Crippen MR) is 67.4 cm³/mol. The second kappa shape index (κ2) is 6.25. The Bertz CT molecular complexity index is 390. The van der Waals surface area contributed by atoms with Crippen molar-refractivity contribution in [2.45, 2.75) is 26.9 Å². The minimum absolute atomic E-state index is 0.0571. The first-order valence-corrected chi connectivity index (χ1v) is 5.69. The number of Topliss-reactive ketones (excluding diaryl/α,β-unsaturated/α-hetero) is 1. The Kier molecular flexibility index (Phi) is 4.97. The van der Waals surface area contributed by atoms with E-state index in [1.54, 1.807) is 18.2 Å². The molecule has 0 aliphatic rings. The molecule has 0 spiro atoms. The van der Waals surface area contributed by atoms with Gasteiger partial charge in [0.2, 0.25) is 0 Å². The van der Waals surface area contributed by atoms with Crippen molar-refractivity contribution in [3.8, 4) is 5.75 Å². The molecular weight excluding hydrogens is 218 g/mol. The van der Waals surface area contributed by atoms with Gasteiger partial charge in [0, 0.05) is 17.9 Å². The van der Waals surface area contributed by atoms with E-state index in [0.29, 0.717) is 30.2 Å². The molecule has 0 fully saturated rings. The summed E-state index contributed by atoms with van der Waals surface area (Å²) in [5, 5.41) is 0. The van der Waals surface area contributed by atoms with Crippen LogP contribution in [0.3, 0.4) is 0 Å². The first-order valence-electron chi connectivity index (χ1n) is 5.69. The molecule has 0 saturated heterocycles. The monoisotopic (exact) mass is 237 g/mol. The smallest absolute Gasteiger partial charge is 0.162 e. The number of nitrogens with two attached hydrogens (primary N) is 1. The fourth-order valence-electron chi connectivity index (χ4n) is 1.46. The van der Waals surface area contributed by atoms with Crippen LogP contribution < -0.4 is 10.5 Å². The highest BCUT2D eigenvalue weighted by Crippen LogP contribution is 2.21. The van der Waals surface area contributed by atoms with E-state index in [4.69, 9.17) is 15.2 Å². The third-order valence-electron chi connectivity index (χ3n) is 2.30. The molecule has 4 nitrogen and oxygen atoms in total. The van der Waals surface area contributed by atoms with Gasteiger partial charge in [-0.25, -0.2) is 0 Å². The molecular formula is C13H19NO3. The summed E-state index contributed by atoms with van der Waals surface area (Å²) in [6.07, 6.45) is -0.0571. The van der Waals surface area contributed by atoms with E-state index in [1.807, 2.05) is 13.8 Å². The zero-order valence-electron chi connectivity index (χ0n) is 10.5. The molecule has 0 bridgehead atoms. The van der Waals surface area contributed by atoms with Gasteiger partial charge in [-0.3, -0.25) is 4.79 Å². The Labute approximate surface area is 102 Å². The summed E-state index contributed by atoms with van der Waals surface area (Å²) >= 11 is 0. The van der Waals surface area contributed by atoms with Gasteiger partial charge >= 0.3 is 0 Å². The van der Waals surface area contributed by atoms with Crippen molar-refractivity contribution in [3.63, 3.8) is 0 Å². The molecule has 1 atom stereocenters. The van der Waals surface area contributed by atoms with Crippen LogP contribution in [0.1, 0.15) is 31.1 Å². The Hall–Kier alpha value is -1.55. The van der Waals surface area contributed by atoms with Crippen molar-refractivity contribution >= 4 is 11.5 Å². The Morgan fingerprint density at radius 1 is 1.47 bits per heavy atom. The second-order valence-corrected chi connectivity index (χ2v) is 3.89. The van der Waals surface area contributed by atoms with Gasteiger partial charge in [0.15, 0.2) is 5.78 Å². The van der Waals surface area contributed by atoms with Gasteiger partial charge in [-0.05, 0) is 39.0 Å². The topological polar surface area (TPSA) is 61.6 Å². The summed E-state index contributed by atoms with van der Waals surface area (Å²) in [5.41, 5.74) is 6.67. The standard InChI is InChI=1S/C13H19NO3/c1-4-16-8-9(2)17-11-5-6-13(14)12(7-11)10(3)15/h5-7,9H,4,8,14H2,1-3H3. The molecule has 94 valence electrons. The van der Waals surface area contributed by atoms with Gasteiger partial charge in [-0.2, -0.15) is 0 Å². The van der Waals surface area contributed by atoms with Gasteiger partial charge in [0.05, 0.1) is 6.61 Å². The molecule has 17 heavy (non-hydrogen) atoms. The molecule has 2 N–H and O–H groups in total. The van der Waals surface area contributed by atoms with E-state index < -0.39 is 0 Å². The number of ether oxygens (including phenoxy) is 2. The highest BCUT2D eigenvalue weighted by Gasteiger charge is 2.09. The summed E-state index contributed by atoms with van der Waals surface area (Å²) in [7, 11) is 0. The van der Waals surface area contributed by atoms with E-state index in [9.17, 15) is 4.79 Å². The summed E-state index contributed by atoms with van der Waals surface area (Å²) in [6, 6.07) is 5.10. The van der Waals surface area contributed by atoms with Gasteiger partial charge in [0.1, 0.15) is 11.9 Å². The lowest BCUT2D eigenvalue weighted by molar-refractivity contribution is 0.0656. The Morgan fingerprint density at radius 3 is 2.76 bits per heavy atom. The molecule has 0 aromatic heterocycles. The number of anilines is 1. The van der Waals surface area contributed by atoms with E-state index in [0.717, 1.165) is 0 Å². The highest BCUT2D eigenvalue weighted by molar-refractivity contribution is 5.99. The van der Waals surface area contributed by atoms with Crippen LogP contribution in [0.15, 0.2) is 18.2 Å². The number of nitrogen functional groups attached to an aromatic ring is 1. The van der Waals surface area contributed by atoms with E-state index in [-0.39, 0.29) is 11.9 Å². The maximum absolute atomic E-state index is 11.3. The number of hydrogen-bond acceptors (Lipinski definition) is 4. The molecule has 0 saturated carbocycles. The molecule has 0 radical (unpaired) electrons. The van der Waals surface area contributed by atoms with Gasteiger partial charge in [-0.1, -0.05) is 0 Å². The number of carbonyl (C=O) groups is 1. The average Bonchev–Trinajstić information content (AvgIpc) is 2.28. The van der Waals surface area contributed by atoms with Crippen molar-refractivity contribution in [2.75, 3.05) is 18.9 Å². The van der Waals surface area contributed by atoms with Crippen LogP contribution in [0.25, 0.3) is 0 Å². The average molecular weight is 237 g/mol. The fourth-order valence-corrected chi connectivity index (χ4v) is 1.46. The number of carbonyl (C=O) groups excluding carboxylic acids is 1. The third-order valence-corrected chi connectivity index (χ3v) is 2.30. The first-order chi connectivity index (χ1) is 8.04. The van der Waals surface area contributed by atoms with Crippen molar-refractivity contribution in [1.82, 2.24) is 0 Å². The third kappa shape index (κ3) is 4.07. The number of ketones is 1. The van der Waals surface area contributed by atoms with Gasteiger partial charge in [0.25, 0.3) is 0 Å². The predicted octanol–water partition coefficient (Wildman–Crippen LogP) is 2.28. The van der Waals surface area contributed by atoms with Crippen molar-refractivity contribution in [1.29, 1.82) is 0 Å². The number of hydrogen-bond donors (Lipinski definition) is 1. The largest absolute Gasteiger partial charge is 0.488 e.